The van der Waals surface area contributed by atoms with Gasteiger partial charge in [0.25, 0.3) is 0 Å². The molecule has 1 unspecified atom stereocenters. The average molecular weight is 316 g/mol. The summed E-state index contributed by atoms with van der Waals surface area (Å²) in [5, 5.41) is 16.0. The normalized spacial score (nSPS) is 11.5. The molecule has 8 nitrogen and oxygen atoms in total. The lowest BCUT2D eigenvalue weighted by Crippen LogP contribution is -2.21. The zero-order valence-corrected chi connectivity index (χ0v) is 13.2. The van der Waals surface area contributed by atoms with Crippen LogP contribution in [0.15, 0.2) is 11.2 Å². The van der Waals surface area contributed by atoms with Gasteiger partial charge in [-0.25, -0.2) is 19.6 Å². The molecule has 0 amide bonds. The Morgan fingerprint density at radius 3 is 2.24 bits per heavy atom. The molecular formula is C12H20N4O4S. The summed E-state index contributed by atoms with van der Waals surface area (Å²) in [7, 11) is 4.12. The summed E-state index contributed by atoms with van der Waals surface area (Å²) in [5.74, 6) is -3.10. The van der Waals surface area contributed by atoms with E-state index in [2.05, 4.69) is 35.9 Å². The van der Waals surface area contributed by atoms with Crippen molar-refractivity contribution in [1.29, 1.82) is 0 Å². The molecule has 1 aromatic rings. The number of nitrogens with two attached hydrogens (primary N) is 1. The minimum atomic E-state index is -1.82. The Hall–Kier alpha value is -1.87. The number of aromatic nitrogens is 2. The predicted octanol–water partition coefficient (Wildman–Crippen LogP) is 0.565. The summed E-state index contributed by atoms with van der Waals surface area (Å²) >= 11 is 1.66. The largest absolute Gasteiger partial charge is 0.473 e. The van der Waals surface area contributed by atoms with Crippen LogP contribution < -0.4 is 5.73 Å². The van der Waals surface area contributed by atoms with Crippen molar-refractivity contribution >= 4 is 29.5 Å². The van der Waals surface area contributed by atoms with Crippen molar-refractivity contribution in [3.8, 4) is 0 Å². The van der Waals surface area contributed by atoms with Gasteiger partial charge in [0, 0.05) is 23.6 Å². The lowest BCUT2D eigenvalue weighted by molar-refractivity contribution is -0.159. The van der Waals surface area contributed by atoms with Gasteiger partial charge < -0.3 is 20.8 Å². The van der Waals surface area contributed by atoms with Crippen LogP contribution in [-0.2, 0) is 9.59 Å². The van der Waals surface area contributed by atoms with Crippen LogP contribution in [-0.4, -0.2) is 62.9 Å². The predicted molar refractivity (Wildman–Crippen MR) is 80.3 cm³/mol. The van der Waals surface area contributed by atoms with Crippen molar-refractivity contribution in [3.05, 3.63) is 11.8 Å². The average Bonchev–Trinajstić information content (AvgIpc) is 2.26. The third kappa shape index (κ3) is 9.63. The van der Waals surface area contributed by atoms with Crippen molar-refractivity contribution in [2.24, 2.45) is 0 Å². The summed E-state index contributed by atoms with van der Waals surface area (Å²) in [6.45, 7) is 5.09. The van der Waals surface area contributed by atoms with Gasteiger partial charge in [-0.15, -0.1) is 0 Å². The van der Waals surface area contributed by atoms with Crippen LogP contribution in [0.3, 0.4) is 0 Å². The maximum atomic E-state index is 9.10. The van der Waals surface area contributed by atoms with Crippen LogP contribution in [0, 0.1) is 6.92 Å². The fourth-order valence-corrected chi connectivity index (χ4v) is 2.44. The number of hydrogen-bond acceptors (Lipinski definition) is 7. The number of aliphatic carboxylic acids is 2. The van der Waals surface area contributed by atoms with Gasteiger partial charge in [-0.3, -0.25) is 0 Å². The maximum Gasteiger partial charge on any atom is 0.414 e. The van der Waals surface area contributed by atoms with Gasteiger partial charge in [-0.1, -0.05) is 18.7 Å². The number of anilines is 1. The SMILES string of the molecule is Cc1cc(N)nc(SC(C)CN(C)C)n1.O=C(O)C(=O)O. The topological polar surface area (TPSA) is 130 Å². The molecule has 0 fully saturated rings. The van der Waals surface area contributed by atoms with E-state index in [1.54, 1.807) is 17.8 Å². The molecule has 1 aromatic heterocycles. The van der Waals surface area contributed by atoms with E-state index in [4.69, 9.17) is 25.5 Å². The van der Waals surface area contributed by atoms with Crippen LogP contribution in [0.25, 0.3) is 0 Å². The highest BCUT2D eigenvalue weighted by Gasteiger charge is 2.08. The summed E-state index contributed by atoms with van der Waals surface area (Å²) in [4.78, 5) is 28.9. The molecule has 21 heavy (non-hydrogen) atoms. The summed E-state index contributed by atoms with van der Waals surface area (Å²) < 4.78 is 0. The van der Waals surface area contributed by atoms with Crippen LogP contribution in [0.5, 0.6) is 0 Å². The number of carboxylic acids is 2. The van der Waals surface area contributed by atoms with E-state index in [0.29, 0.717) is 11.1 Å². The van der Waals surface area contributed by atoms with Crippen LogP contribution in [0.4, 0.5) is 5.82 Å². The number of carbonyl (C=O) groups is 2. The van der Waals surface area contributed by atoms with Crippen LogP contribution in [0.2, 0.25) is 0 Å². The molecule has 0 spiro atoms. The fourth-order valence-electron chi connectivity index (χ4n) is 1.35. The lowest BCUT2D eigenvalue weighted by atomic mass is 10.4. The van der Waals surface area contributed by atoms with E-state index >= 15 is 0 Å². The molecular weight excluding hydrogens is 296 g/mol. The highest BCUT2D eigenvalue weighted by Crippen LogP contribution is 2.20. The molecule has 0 aliphatic heterocycles. The van der Waals surface area contributed by atoms with Gasteiger partial charge in [-0.05, 0) is 21.0 Å². The van der Waals surface area contributed by atoms with Gasteiger partial charge in [-0.2, -0.15) is 0 Å². The minimum Gasteiger partial charge on any atom is -0.473 e. The van der Waals surface area contributed by atoms with Gasteiger partial charge in [0.15, 0.2) is 5.16 Å². The molecule has 0 aliphatic carbocycles. The second kappa shape index (κ2) is 9.14. The van der Waals surface area contributed by atoms with E-state index in [1.807, 2.05) is 6.92 Å². The van der Waals surface area contributed by atoms with Crippen molar-refractivity contribution in [1.82, 2.24) is 14.9 Å². The second-order valence-corrected chi connectivity index (χ2v) is 5.92. The highest BCUT2D eigenvalue weighted by atomic mass is 32.2. The molecule has 1 rings (SSSR count). The van der Waals surface area contributed by atoms with E-state index in [-0.39, 0.29) is 0 Å². The molecule has 1 atom stereocenters. The van der Waals surface area contributed by atoms with Crippen molar-refractivity contribution in [2.75, 3.05) is 26.4 Å². The first-order chi connectivity index (χ1) is 9.61. The van der Waals surface area contributed by atoms with Gasteiger partial charge in [0.2, 0.25) is 0 Å². The zero-order valence-electron chi connectivity index (χ0n) is 12.4. The van der Waals surface area contributed by atoms with E-state index < -0.39 is 11.9 Å². The molecule has 0 bridgehead atoms. The lowest BCUT2D eigenvalue weighted by Gasteiger charge is -2.15. The molecule has 0 saturated heterocycles. The van der Waals surface area contributed by atoms with E-state index in [0.717, 1.165) is 17.4 Å². The summed E-state index contributed by atoms with van der Waals surface area (Å²) in [5.41, 5.74) is 6.58. The molecule has 0 radical (unpaired) electrons. The molecule has 4 N–H and O–H groups in total. The Labute approximate surface area is 127 Å². The Bertz CT molecular complexity index is 464. The Kier molecular flexibility index (Phi) is 8.32. The second-order valence-electron chi connectivity index (χ2n) is 4.52. The molecule has 9 heteroatoms. The van der Waals surface area contributed by atoms with Crippen molar-refractivity contribution in [2.45, 2.75) is 24.3 Å². The zero-order chi connectivity index (χ0) is 16.6. The molecule has 0 aliphatic rings. The van der Waals surface area contributed by atoms with E-state index in [1.165, 1.54) is 0 Å². The number of nitrogens with zero attached hydrogens (tertiary/aromatic N) is 3. The van der Waals surface area contributed by atoms with Crippen molar-refractivity contribution < 1.29 is 19.8 Å². The highest BCUT2D eigenvalue weighted by molar-refractivity contribution is 7.99. The van der Waals surface area contributed by atoms with Gasteiger partial charge >= 0.3 is 11.9 Å². The summed E-state index contributed by atoms with van der Waals surface area (Å²) in [6, 6.07) is 1.78. The number of hydrogen-bond donors (Lipinski definition) is 3. The number of aryl methyl sites for hydroxylation is 1. The van der Waals surface area contributed by atoms with Gasteiger partial charge in [0.05, 0.1) is 0 Å². The standard InChI is InChI=1S/C10H18N4S.C2H2O4/c1-7-5-9(11)13-10(12-7)15-8(2)6-14(3)4;3-1(4)2(5)6/h5,8H,6H2,1-4H3,(H2,11,12,13);(H,3,4)(H,5,6). The Morgan fingerprint density at radius 1 is 1.33 bits per heavy atom. The first kappa shape index (κ1) is 19.1. The number of carboxylic acid groups (broad SMARTS) is 2. The molecule has 0 saturated carbocycles. The van der Waals surface area contributed by atoms with Crippen LogP contribution in [0.1, 0.15) is 12.6 Å². The van der Waals surface area contributed by atoms with Crippen molar-refractivity contribution in [3.63, 3.8) is 0 Å². The third-order valence-electron chi connectivity index (χ3n) is 1.97. The fraction of sp³-hybridized carbons (Fsp3) is 0.500. The Morgan fingerprint density at radius 2 is 1.86 bits per heavy atom. The first-order valence-electron chi connectivity index (χ1n) is 6.00. The smallest absolute Gasteiger partial charge is 0.414 e. The molecule has 1 heterocycles. The minimum absolute atomic E-state index is 0.459. The first-order valence-corrected chi connectivity index (χ1v) is 6.88. The Balaban J connectivity index is 0.000000567. The van der Waals surface area contributed by atoms with Crippen LogP contribution >= 0.6 is 11.8 Å². The number of thioether (sulfide) groups is 1. The monoisotopic (exact) mass is 316 g/mol. The quantitative estimate of drug-likeness (QED) is 0.414. The number of nitrogen functional groups attached to an aromatic ring is 1. The third-order valence-corrected chi connectivity index (χ3v) is 2.91. The number of rotatable bonds is 4. The van der Waals surface area contributed by atoms with E-state index in [9.17, 15) is 0 Å². The maximum absolute atomic E-state index is 9.10. The molecule has 118 valence electrons. The summed E-state index contributed by atoms with van der Waals surface area (Å²) in [6.07, 6.45) is 0. The van der Waals surface area contributed by atoms with Gasteiger partial charge in [0.1, 0.15) is 5.82 Å². The molecule has 0 aromatic carbocycles.